The Morgan fingerprint density at radius 2 is 1.70 bits per heavy atom. The molecule has 0 saturated heterocycles. The number of fused-ring (bicyclic) bond motifs is 1. The first-order valence-electron chi connectivity index (χ1n) is 13.4. The van der Waals surface area contributed by atoms with Gasteiger partial charge in [-0.25, -0.2) is 8.42 Å². The lowest BCUT2D eigenvalue weighted by Gasteiger charge is -2.28. The van der Waals surface area contributed by atoms with Gasteiger partial charge in [0.05, 0.1) is 25.7 Å². The molecular weight excluding hydrogens is 526 g/mol. The van der Waals surface area contributed by atoms with Gasteiger partial charge in [-0.3, -0.25) is 4.79 Å². The second-order valence-corrected chi connectivity index (χ2v) is 12.1. The number of hydrogen-bond donors (Lipinski definition) is 1. The number of aromatic amines is 1. The van der Waals surface area contributed by atoms with Crippen LogP contribution in [0.4, 0.5) is 0 Å². The van der Waals surface area contributed by atoms with Crippen molar-refractivity contribution in [1.82, 2.24) is 14.2 Å². The highest BCUT2D eigenvalue weighted by molar-refractivity contribution is 7.89. The number of para-hydroxylation sites is 1. The highest BCUT2D eigenvalue weighted by atomic mass is 32.2. The van der Waals surface area contributed by atoms with Crippen LogP contribution >= 0.6 is 0 Å². The van der Waals surface area contributed by atoms with Crippen LogP contribution in [0.1, 0.15) is 29.5 Å². The number of aromatic nitrogens is 1. The highest BCUT2D eigenvalue weighted by Gasteiger charge is 2.40. The maximum atomic E-state index is 13.9. The molecule has 0 atom stereocenters. The van der Waals surface area contributed by atoms with Crippen molar-refractivity contribution in [3.63, 3.8) is 0 Å². The van der Waals surface area contributed by atoms with Crippen molar-refractivity contribution < 1.29 is 22.7 Å². The summed E-state index contributed by atoms with van der Waals surface area (Å²) in [7, 11) is -0.665. The van der Waals surface area contributed by atoms with Gasteiger partial charge in [0.1, 0.15) is 0 Å². The van der Waals surface area contributed by atoms with Crippen LogP contribution in [0.5, 0.6) is 11.5 Å². The van der Waals surface area contributed by atoms with Gasteiger partial charge in [0.2, 0.25) is 15.9 Å². The Morgan fingerprint density at radius 3 is 2.40 bits per heavy atom. The summed E-state index contributed by atoms with van der Waals surface area (Å²) in [6.07, 6.45) is 4.10. The topological polar surface area (TPSA) is 91.9 Å². The second kappa shape index (κ2) is 11.7. The Hall–Kier alpha value is -3.82. The van der Waals surface area contributed by atoms with E-state index < -0.39 is 10.0 Å². The van der Waals surface area contributed by atoms with Crippen LogP contribution < -0.4 is 9.47 Å². The van der Waals surface area contributed by atoms with E-state index in [1.54, 1.807) is 43.4 Å². The largest absolute Gasteiger partial charge is 0.493 e. The number of carbonyl (C=O) groups excluding carboxylic acids is 1. The first-order valence-corrected chi connectivity index (χ1v) is 14.9. The van der Waals surface area contributed by atoms with E-state index in [9.17, 15) is 13.2 Å². The number of aryl methyl sites for hydroxylation is 1. The van der Waals surface area contributed by atoms with E-state index in [4.69, 9.17) is 9.47 Å². The minimum atomic E-state index is -3.82. The summed E-state index contributed by atoms with van der Waals surface area (Å²) in [5.74, 6) is 0.940. The van der Waals surface area contributed by atoms with Crippen LogP contribution in [0.2, 0.25) is 0 Å². The summed E-state index contributed by atoms with van der Waals surface area (Å²) in [5, 5.41) is 1.11. The average molecular weight is 562 g/mol. The lowest BCUT2D eigenvalue weighted by molar-refractivity contribution is -0.132. The number of benzene rings is 3. The summed E-state index contributed by atoms with van der Waals surface area (Å²) in [4.78, 5) is 19.1. The molecule has 1 fully saturated rings. The zero-order valence-corrected chi connectivity index (χ0v) is 23.9. The monoisotopic (exact) mass is 561 g/mol. The Balaban J connectivity index is 1.41. The predicted molar refractivity (Wildman–Crippen MR) is 155 cm³/mol. The van der Waals surface area contributed by atoms with Gasteiger partial charge in [-0.2, -0.15) is 4.31 Å². The van der Waals surface area contributed by atoms with E-state index in [1.165, 1.54) is 4.31 Å². The number of H-pyrrole nitrogens is 1. The molecule has 8 nitrogen and oxygen atoms in total. The van der Waals surface area contributed by atoms with Crippen molar-refractivity contribution in [2.75, 3.05) is 27.3 Å². The number of hydrogen-bond acceptors (Lipinski definition) is 5. The first-order chi connectivity index (χ1) is 19.3. The third-order valence-electron chi connectivity index (χ3n) is 7.37. The second-order valence-electron chi connectivity index (χ2n) is 10.2. The molecule has 4 aromatic rings. The number of nitrogens with one attached hydrogen (secondary N) is 1. The first kappa shape index (κ1) is 27.7. The van der Waals surface area contributed by atoms with Crippen LogP contribution in [-0.2, 0) is 27.8 Å². The fourth-order valence-corrected chi connectivity index (χ4v) is 6.57. The highest BCUT2D eigenvalue weighted by Crippen LogP contribution is 2.33. The fourth-order valence-electron chi connectivity index (χ4n) is 4.94. The van der Waals surface area contributed by atoms with Crippen molar-refractivity contribution in [3.05, 3.63) is 89.6 Å². The maximum absolute atomic E-state index is 13.9. The van der Waals surface area contributed by atoms with E-state index in [0.29, 0.717) is 31.0 Å². The van der Waals surface area contributed by atoms with Crippen molar-refractivity contribution >= 4 is 26.8 Å². The molecule has 0 spiro atoms. The van der Waals surface area contributed by atoms with Crippen LogP contribution in [0.15, 0.2) is 77.8 Å². The van der Waals surface area contributed by atoms with Crippen LogP contribution in [0.3, 0.4) is 0 Å². The molecule has 5 rings (SSSR count). The number of sulfonamides is 1. The molecule has 3 aromatic carbocycles. The number of rotatable bonds is 12. The third kappa shape index (κ3) is 6.00. The molecule has 210 valence electrons. The molecule has 1 heterocycles. The van der Waals surface area contributed by atoms with E-state index in [-0.39, 0.29) is 23.4 Å². The maximum Gasteiger partial charge on any atom is 0.243 e. The van der Waals surface area contributed by atoms with Gasteiger partial charge in [-0.05, 0) is 67.6 Å². The van der Waals surface area contributed by atoms with Gasteiger partial charge in [0.15, 0.2) is 11.5 Å². The smallest absolute Gasteiger partial charge is 0.243 e. The van der Waals surface area contributed by atoms with Crippen molar-refractivity contribution in [1.29, 1.82) is 0 Å². The number of ether oxygens (including phenoxy) is 2. The molecule has 1 aromatic heterocycles. The number of methoxy groups -OCH3 is 2. The normalized spacial score (nSPS) is 13.5. The summed E-state index contributed by atoms with van der Waals surface area (Å²) in [6.45, 7) is 2.45. The molecule has 1 N–H and O–H groups in total. The van der Waals surface area contributed by atoms with E-state index in [2.05, 4.69) is 11.1 Å². The van der Waals surface area contributed by atoms with E-state index in [1.807, 2.05) is 49.5 Å². The van der Waals surface area contributed by atoms with E-state index in [0.717, 1.165) is 40.4 Å². The van der Waals surface area contributed by atoms with Gasteiger partial charge in [0.25, 0.3) is 0 Å². The Labute approximate surface area is 235 Å². The molecule has 1 aliphatic rings. The molecule has 9 heteroatoms. The minimum absolute atomic E-state index is 0.160. The summed E-state index contributed by atoms with van der Waals surface area (Å²) in [6, 6.07) is 20.3. The average Bonchev–Trinajstić information content (AvgIpc) is 3.72. The third-order valence-corrected chi connectivity index (χ3v) is 9.29. The minimum Gasteiger partial charge on any atom is -0.493 e. The summed E-state index contributed by atoms with van der Waals surface area (Å²) in [5.41, 5.74) is 3.99. The van der Waals surface area contributed by atoms with Crippen molar-refractivity contribution in [2.24, 2.45) is 0 Å². The zero-order chi connectivity index (χ0) is 28.3. The van der Waals surface area contributed by atoms with Crippen molar-refractivity contribution in [2.45, 2.75) is 43.7 Å². The molecular formula is C31H35N3O5S. The van der Waals surface area contributed by atoms with Crippen LogP contribution in [-0.4, -0.2) is 61.9 Å². The van der Waals surface area contributed by atoms with Gasteiger partial charge in [-0.15, -0.1) is 0 Å². The summed E-state index contributed by atoms with van der Waals surface area (Å²) >= 11 is 0. The van der Waals surface area contributed by atoms with Gasteiger partial charge in [-0.1, -0.05) is 42.0 Å². The lowest BCUT2D eigenvalue weighted by Crippen LogP contribution is -2.44. The van der Waals surface area contributed by atoms with Gasteiger partial charge >= 0.3 is 0 Å². The SMILES string of the molecule is COc1ccc(CN(CCc2c[nH]c3ccccc23)C(=O)CN(C2CC2)S(=O)(=O)c2ccc(C)cc2)cc1OC. The molecule has 0 unspecified atom stereocenters. The zero-order valence-electron chi connectivity index (χ0n) is 23.1. The molecule has 40 heavy (non-hydrogen) atoms. The molecule has 1 aliphatic carbocycles. The number of amides is 1. The van der Waals surface area contributed by atoms with Crippen molar-refractivity contribution in [3.8, 4) is 11.5 Å². The Bertz CT molecular complexity index is 1590. The fraction of sp³-hybridized carbons (Fsp3) is 0.323. The standard InChI is InChI=1S/C31H35N3O5S/c1-22-8-13-26(14-9-22)40(36,37)34(25-11-12-25)21-31(35)33(20-23-10-15-29(38-2)30(18-23)39-3)17-16-24-19-32-28-7-5-4-6-27(24)28/h4-10,13-15,18-19,25,32H,11-12,16-17,20-21H2,1-3H3. The lowest BCUT2D eigenvalue weighted by atomic mass is 10.1. The number of nitrogens with zero attached hydrogens (tertiary/aromatic N) is 2. The molecule has 0 bridgehead atoms. The predicted octanol–water partition coefficient (Wildman–Crippen LogP) is 4.92. The van der Waals surface area contributed by atoms with Gasteiger partial charge < -0.3 is 19.4 Å². The van der Waals surface area contributed by atoms with Crippen LogP contribution in [0.25, 0.3) is 10.9 Å². The van der Waals surface area contributed by atoms with E-state index >= 15 is 0 Å². The van der Waals surface area contributed by atoms with Crippen LogP contribution in [0, 0.1) is 6.92 Å². The summed E-state index contributed by atoms with van der Waals surface area (Å²) < 4.78 is 39.4. The Kier molecular flexibility index (Phi) is 8.14. The molecule has 1 amide bonds. The molecule has 0 aliphatic heterocycles. The van der Waals surface area contributed by atoms with Gasteiger partial charge in [0, 0.05) is 36.2 Å². The Morgan fingerprint density at radius 1 is 0.975 bits per heavy atom. The molecule has 0 radical (unpaired) electrons. The number of carbonyl (C=O) groups is 1. The quantitative estimate of drug-likeness (QED) is 0.265. The molecule has 1 saturated carbocycles.